The van der Waals surface area contributed by atoms with Crippen LogP contribution >= 0.6 is 0 Å². The van der Waals surface area contributed by atoms with Gasteiger partial charge in [-0.2, -0.15) is 0 Å². The Bertz CT molecular complexity index is 411. The van der Waals surface area contributed by atoms with Crippen molar-refractivity contribution in [3.63, 3.8) is 0 Å². The van der Waals surface area contributed by atoms with Gasteiger partial charge in [0.15, 0.2) is 0 Å². The number of carboxylic acid groups (broad SMARTS) is 1. The van der Waals surface area contributed by atoms with E-state index < -0.39 is 5.97 Å². The van der Waals surface area contributed by atoms with Gasteiger partial charge in [0.05, 0.1) is 12.5 Å². The van der Waals surface area contributed by atoms with Crippen molar-refractivity contribution in [2.24, 2.45) is 11.3 Å². The number of hydrogen-bond acceptors (Lipinski definition) is 3. The molecule has 2 aliphatic rings. The molecule has 1 aliphatic heterocycles. The molecule has 1 N–H and O–H groups in total. The summed E-state index contributed by atoms with van der Waals surface area (Å²) in [7, 11) is 1.62. The Balaban J connectivity index is 1.91. The molecule has 5 nitrogen and oxygen atoms in total. The molecule has 126 valence electrons. The van der Waals surface area contributed by atoms with Crippen LogP contribution in [0, 0.1) is 11.3 Å². The fourth-order valence-corrected chi connectivity index (χ4v) is 3.77. The van der Waals surface area contributed by atoms with Crippen molar-refractivity contribution >= 4 is 11.9 Å². The van der Waals surface area contributed by atoms with E-state index >= 15 is 0 Å². The minimum absolute atomic E-state index is 0.0172. The molecular formula is C17H29NO4. The van der Waals surface area contributed by atoms with Gasteiger partial charge in [0, 0.05) is 26.1 Å². The number of ether oxygens (including phenoxy) is 1. The quantitative estimate of drug-likeness (QED) is 0.847. The summed E-state index contributed by atoms with van der Waals surface area (Å²) in [5, 5.41) is 9.03. The molecule has 1 amide bonds. The summed E-state index contributed by atoms with van der Waals surface area (Å²) >= 11 is 0. The molecule has 1 aliphatic carbocycles. The molecule has 0 aromatic carbocycles. The summed E-state index contributed by atoms with van der Waals surface area (Å²) < 4.78 is 5.33. The van der Waals surface area contributed by atoms with E-state index in [1.165, 1.54) is 12.8 Å². The Morgan fingerprint density at radius 1 is 1.23 bits per heavy atom. The van der Waals surface area contributed by atoms with E-state index in [2.05, 4.69) is 13.8 Å². The zero-order chi connectivity index (χ0) is 16.3. The second kappa shape index (κ2) is 6.99. The Hall–Kier alpha value is -1.10. The Kier molecular flexibility index (Phi) is 5.48. The van der Waals surface area contributed by atoms with Gasteiger partial charge in [0.1, 0.15) is 0 Å². The third-order valence-corrected chi connectivity index (χ3v) is 5.36. The van der Waals surface area contributed by atoms with E-state index in [9.17, 15) is 9.59 Å². The van der Waals surface area contributed by atoms with Crippen LogP contribution in [0.3, 0.4) is 0 Å². The molecule has 2 atom stereocenters. The molecule has 0 radical (unpaired) electrons. The van der Waals surface area contributed by atoms with Crippen LogP contribution in [0.25, 0.3) is 0 Å². The molecule has 2 unspecified atom stereocenters. The highest BCUT2D eigenvalue weighted by molar-refractivity contribution is 5.78. The lowest BCUT2D eigenvalue weighted by Gasteiger charge is -2.35. The molecule has 2 fully saturated rings. The number of nitrogens with zero attached hydrogens (tertiary/aromatic N) is 1. The molecular weight excluding hydrogens is 282 g/mol. The Morgan fingerprint density at radius 3 is 2.41 bits per heavy atom. The normalized spacial score (nSPS) is 28.8. The van der Waals surface area contributed by atoms with Gasteiger partial charge >= 0.3 is 5.97 Å². The lowest BCUT2D eigenvalue weighted by Crippen LogP contribution is -2.38. The summed E-state index contributed by atoms with van der Waals surface area (Å²) in [5.74, 6) is -0.290. The molecule has 0 bridgehead atoms. The summed E-state index contributed by atoms with van der Waals surface area (Å²) in [5.41, 5.74) is 0.403. The molecule has 22 heavy (non-hydrogen) atoms. The molecule has 0 aromatic rings. The number of hydrogen-bond donors (Lipinski definition) is 1. The smallest absolute Gasteiger partial charge is 0.305 e. The summed E-state index contributed by atoms with van der Waals surface area (Å²) in [6.45, 7) is 5.11. The maximum Gasteiger partial charge on any atom is 0.305 e. The maximum atomic E-state index is 12.6. The van der Waals surface area contributed by atoms with Gasteiger partial charge in [0.25, 0.3) is 0 Å². The predicted octanol–water partition coefficient (Wildman–Crippen LogP) is 2.68. The highest BCUT2D eigenvalue weighted by atomic mass is 16.5. The van der Waals surface area contributed by atoms with Gasteiger partial charge in [-0.1, -0.05) is 13.8 Å². The van der Waals surface area contributed by atoms with Gasteiger partial charge in [-0.05, 0) is 43.4 Å². The number of likely N-dealkylation sites (tertiary alicyclic amines) is 1. The van der Waals surface area contributed by atoms with Gasteiger partial charge in [-0.25, -0.2) is 0 Å². The second-order valence-electron chi connectivity index (χ2n) is 7.70. The molecule has 0 spiro atoms. The number of carbonyl (C=O) groups excluding carboxylic acids is 1. The van der Waals surface area contributed by atoms with Crippen LogP contribution in [0.1, 0.15) is 58.8 Å². The summed E-state index contributed by atoms with van der Waals surface area (Å²) in [4.78, 5) is 25.4. The highest BCUT2D eigenvalue weighted by Gasteiger charge is 2.37. The van der Waals surface area contributed by atoms with E-state index in [0.717, 1.165) is 12.8 Å². The molecule has 1 heterocycles. The van der Waals surface area contributed by atoms with Gasteiger partial charge in [-0.15, -0.1) is 0 Å². The van der Waals surface area contributed by atoms with E-state index in [-0.39, 0.29) is 24.5 Å². The summed E-state index contributed by atoms with van der Waals surface area (Å²) in [6, 6.07) is -0.213. The van der Waals surface area contributed by atoms with Crippen molar-refractivity contribution in [1.29, 1.82) is 0 Å². The van der Waals surface area contributed by atoms with Crippen LogP contribution in [-0.4, -0.2) is 47.7 Å². The number of rotatable bonds is 5. The third kappa shape index (κ3) is 4.45. The number of carboxylic acids is 1. The first kappa shape index (κ1) is 17.3. The van der Waals surface area contributed by atoms with Crippen molar-refractivity contribution in [3.05, 3.63) is 0 Å². The van der Waals surface area contributed by atoms with Crippen LogP contribution < -0.4 is 0 Å². The topological polar surface area (TPSA) is 66.8 Å². The first-order valence-electron chi connectivity index (χ1n) is 8.35. The van der Waals surface area contributed by atoms with Gasteiger partial charge in [-0.3, -0.25) is 9.59 Å². The first-order chi connectivity index (χ1) is 10.3. The number of carbonyl (C=O) groups is 2. The fourth-order valence-electron chi connectivity index (χ4n) is 3.77. The van der Waals surface area contributed by atoms with E-state index in [4.69, 9.17) is 9.84 Å². The summed E-state index contributed by atoms with van der Waals surface area (Å²) in [6.07, 6.45) is 5.72. The molecule has 1 saturated carbocycles. The minimum atomic E-state index is -0.848. The van der Waals surface area contributed by atoms with Crippen molar-refractivity contribution in [1.82, 2.24) is 4.90 Å². The lowest BCUT2D eigenvalue weighted by molar-refractivity contribution is -0.140. The van der Waals surface area contributed by atoms with Crippen molar-refractivity contribution in [2.75, 3.05) is 13.7 Å². The molecule has 1 saturated heterocycles. The number of methoxy groups -OCH3 is 1. The molecule has 2 rings (SSSR count). The minimum Gasteiger partial charge on any atom is -0.481 e. The standard InChI is InChI=1S/C17H29NO4/c1-17(2)6-4-12(5-7-17)8-15(19)18-11-14(22-3)9-13(18)10-16(20)21/h12-14H,4-11H2,1-3H3,(H,20,21). The van der Waals surface area contributed by atoms with Crippen LogP contribution in [-0.2, 0) is 14.3 Å². The van der Waals surface area contributed by atoms with Crippen LogP contribution in [0.2, 0.25) is 0 Å². The van der Waals surface area contributed by atoms with E-state index in [1.54, 1.807) is 12.0 Å². The lowest BCUT2D eigenvalue weighted by atomic mass is 9.72. The Labute approximate surface area is 133 Å². The highest BCUT2D eigenvalue weighted by Crippen LogP contribution is 2.39. The average molecular weight is 311 g/mol. The maximum absolute atomic E-state index is 12.6. The Morgan fingerprint density at radius 2 is 1.86 bits per heavy atom. The van der Waals surface area contributed by atoms with Crippen LogP contribution in [0.5, 0.6) is 0 Å². The monoisotopic (exact) mass is 311 g/mol. The second-order valence-corrected chi connectivity index (χ2v) is 7.70. The zero-order valence-electron chi connectivity index (χ0n) is 14.0. The average Bonchev–Trinajstić information content (AvgIpc) is 2.83. The predicted molar refractivity (Wildman–Crippen MR) is 83.5 cm³/mol. The van der Waals surface area contributed by atoms with Crippen molar-refractivity contribution < 1.29 is 19.4 Å². The van der Waals surface area contributed by atoms with Crippen LogP contribution in [0.15, 0.2) is 0 Å². The molecule has 0 aromatic heterocycles. The fraction of sp³-hybridized carbons (Fsp3) is 0.882. The van der Waals surface area contributed by atoms with E-state index in [1.807, 2.05) is 0 Å². The largest absolute Gasteiger partial charge is 0.481 e. The molecule has 5 heteroatoms. The first-order valence-corrected chi connectivity index (χ1v) is 8.35. The number of aliphatic carboxylic acids is 1. The van der Waals surface area contributed by atoms with Crippen molar-refractivity contribution in [2.45, 2.75) is 70.9 Å². The van der Waals surface area contributed by atoms with Crippen LogP contribution in [0.4, 0.5) is 0 Å². The third-order valence-electron chi connectivity index (χ3n) is 5.36. The van der Waals surface area contributed by atoms with Gasteiger partial charge in [0.2, 0.25) is 5.91 Å². The number of amides is 1. The van der Waals surface area contributed by atoms with Crippen molar-refractivity contribution in [3.8, 4) is 0 Å². The van der Waals surface area contributed by atoms with Gasteiger partial charge < -0.3 is 14.7 Å². The SMILES string of the molecule is COC1CC(CC(=O)O)N(C(=O)CC2CCC(C)(C)CC2)C1. The zero-order valence-corrected chi connectivity index (χ0v) is 14.0. The van der Waals surface area contributed by atoms with E-state index in [0.29, 0.717) is 30.7 Å².